The second-order valence-electron chi connectivity index (χ2n) is 10.2. The van der Waals surface area contributed by atoms with Gasteiger partial charge >= 0.3 is 0 Å². The molecule has 0 N–H and O–H groups in total. The highest BCUT2D eigenvalue weighted by Crippen LogP contribution is 2.45. The first-order valence-corrected chi connectivity index (χ1v) is 13.2. The Labute approximate surface area is 189 Å². The molecule has 0 amide bonds. The van der Waals surface area contributed by atoms with Crippen LogP contribution in [-0.2, 0) is 0 Å². The van der Waals surface area contributed by atoms with E-state index in [4.69, 9.17) is 4.74 Å². The molecule has 0 bridgehead atoms. The zero-order valence-corrected chi connectivity index (χ0v) is 19.9. The number of unbranched alkanes of at least 4 members (excludes halogenated alkanes) is 4. The first-order chi connectivity index (χ1) is 15.1. The van der Waals surface area contributed by atoms with E-state index in [1.807, 2.05) is 6.92 Å². The van der Waals surface area contributed by atoms with E-state index in [9.17, 15) is 8.78 Å². The molecule has 176 valence electrons. The van der Waals surface area contributed by atoms with Crippen LogP contribution in [0.3, 0.4) is 0 Å². The Kier molecular flexibility index (Phi) is 10.1. The molecule has 2 aliphatic rings. The van der Waals surface area contributed by atoms with Crippen LogP contribution >= 0.6 is 0 Å². The van der Waals surface area contributed by atoms with Gasteiger partial charge in [0.2, 0.25) is 5.82 Å². The number of rotatable bonds is 11. The third-order valence-electron chi connectivity index (χ3n) is 8.02. The molecule has 3 rings (SSSR count). The van der Waals surface area contributed by atoms with Gasteiger partial charge in [0, 0.05) is 0 Å². The average Bonchev–Trinajstić information content (AvgIpc) is 2.80. The summed E-state index contributed by atoms with van der Waals surface area (Å²) in [6, 6.07) is 3.39. The van der Waals surface area contributed by atoms with Crippen LogP contribution in [0, 0.1) is 29.4 Å². The van der Waals surface area contributed by atoms with Crippen molar-refractivity contribution in [3.63, 3.8) is 0 Å². The molecule has 31 heavy (non-hydrogen) atoms. The Balaban J connectivity index is 1.42. The lowest BCUT2D eigenvalue weighted by Gasteiger charge is -2.38. The summed E-state index contributed by atoms with van der Waals surface area (Å²) in [4.78, 5) is 0. The topological polar surface area (TPSA) is 9.23 Å². The van der Waals surface area contributed by atoms with Gasteiger partial charge in [-0.3, -0.25) is 0 Å². The van der Waals surface area contributed by atoms with Crippen LogP contribution in [0.4, 0.5) is 8.78 Å². The van der Waals surface area contributed by atoms with Gasteiger partial charge in [0.25, 0.3) is 0 Å². The predicted molar refractivity (Wildman–Crippen MR) is 126 cm³/mol. The summed E-state index contributed by atoms with van der Waals surface area (Å²) in [5.41, 5.74) is 0.562. The zero-order chi connectivity index (χ0) is 22.1. The highest BCUT2D eigenvalue weighted by atomic mass is 19.2. The lowest BCUT2D eigenvalue weighted by molar-refractivity contribution is 0.155. The molecule has 2 fully saturated rings. The van der Waals surface area contributed by atoms with Crippen LogP contribution in [0.25, 0.3) is 0 Å². The molecule has 2 aliphatic carbocycles. The molecule has 2 saturated carbocycles. The second-order valence-corrected chi connectivity index (χ2v) is 10.2. The molecular weight excluding hydrogens is 390 g/mol. The van der Waals surface area contributed by atoms with Gasteiger partial charge in [0.05, 0.1) is 6.61 Å². The van der Waals surface area contributed by atoms with Crippen LogP contribution in [0.5, 0.6) is 5.75 Å². The fraction of sp³-hybridized carbons (Fsp3) is 0.786. The number of benzene rings is 1. The normalized spacial score (nSPS) is 26.7. The van der Waals surface area contributed by atoms with E-state index >= 15 is 0 Å². The Bertz CT molecular complexity index is 643. The Hall–Kier alpha value is -1.12. The van der Waals surface area contributed by atoms with Gasteiger partial charge in [-0.15, -0.1) is 0 Å². The highest BCUT2D eigenvalue weighted by Gasteiger charge is 2.32. The summed E-state index contributed by atoms with van der Waals surface area (Å²) in [6.07, 6.45) is 19.1. The highest BCUT2D eigenvalue weighted by molar-refractivity contribution is 5.33. The maximum Gasteiger partial charge on any atom is 0.200 e. The molecule has 1 aromatic rings. The summed E-state index contributed by atoms with van der Waals surface area (Å²) >= 11 is 0. The number of halogens is 2. The third-order valence-corrected chi connectivity index (χ3v) is 8.02. The molecule has 1 aromatic carbocycles. The van der Waals surface area contributed by atoms with Crippen molar-refractivity contribution in [2.24, 2.45) is 17.8 Å². The van der Waals surface area contributed by atoms with E-state index in [0.717, 1.165) is 37.0 Å². The van der Waals surface area contributed by atoms with Crippen LogP contribution in [0.2, 0.25) is 0 Å². The second kappa shape index (κ2) is 12.8. The van der Waals surface area contributed by atoms with Gasteiger partial charge < -0.3 is 4.74 Å². The molecule has 0 unspecified atom stereocenters. The van der Waals surface area contributed by atoms with E-state index in [0.29, 0.717) is 12.2 Å². The maximum absolute atomic E-state index is 14.7. The first kappa shape index (κ1) is 24.5. The molecular formula is C28H44F2O. The van der Waals surface area contributed by atoms with E-state index < -0.39 is 11.6 Å². The summed E-state index contributed by atoms with van der Waals surface area (Å²) in [5.74, 6) is 1.34. The Morgan fingerprint density at radius 2 is 1.39 bits per heavy atom. The van der Waals surface area contributed by atoms with E-state index in [-0.39, 0.29) is 11.7 Å². The molecule has 3 heteroatoms. The standard InChI is InChI=1S/C28H44F2O/c1-3-5-6-7-8-9-21-10-12-22(13-11-21)23-14-16-24(17-15-23)25-18-19-26(31-20-4-2)28(30)27(25)29/h18-19,21-24H,3-17,20H2,1-2H3. The molecule has 0 heterocycles. The summed E-state index contributed by atoms with van der Waals surface area (Å²) in [6.45, 7) is 4.66. The molecule has 1 nitrogen and oxygen atoms in total. The van der Waals surface area contributed by atoms with E-state index in [1.165, 1.54) is 77.0 Å². The summed E-state index contributed by atoms with van der Waals surface area (Å²) in [5, 5.41) is 0. The van der Waals surface area contributed by atoms with Crippen molar-refractivity contribution in [1.29, 1.82) is 0 Å². The maximum atomic E-state index is 14.7. The summed E-state index contributed by atoms with van der Waals surface area (Å²) in [7, 11) is 0. The fourth-order valence-electron chi connectivity index (χ4n) is 6.07. The van der Waals surface area contributed by atoms with Crippen molar-refractivity contribution in [3.8, 4) is 5.75 Å². The van der Waals surface area contributed by atoms with Crippen molar-refractivity contribution in [2.75, 3.05) is 6.61 Å². The van der Waals surface area contributed by atoms with Crippen LogP contribution in [-0.4, -0.2) is 6.61 Å². The SMILES string of the molecule is CCCCCCCC1CCC(C2CCC(c3ccc(OCCC)c(F)c3F)CC2)CC1. The smallest absolute Gasteiger partial charge is 0.200 e. The average molecular weight is 435 g/mol. The van der Waals surface area contributed by atoms with Crippen molar-refractivity contribution < 1.29 is 13.5 Å². The molecule has 0 spiro atoms. The van der Waals surface area contributed by atoms with Gasteiger partial charge in [-0.25, -0.2) is 4.39 Å². The Morgan fingerprint density at radius 1 is 0.742 bits per heavy atom. The van der Waals surface area contributed by atoms with Crippen molar-refractivity contribution in [3.05, 3.63) is 29.3 Å². The molecule has 0 saturated heterocycles. The van der Waals surface area contributed by atoms with Gasteiger partial charge in [0.15, 0.2) is 11.6 Å². The molecule has 0 aromatic heterocycles. The van der Waals surface area contributed by atoms with Crippen LogP contribution < -0.4 is 4.74 Å². The van der Waals surface area contributed by atoms with E-state index in [1.54, 1.807) is 12.1 Å². The van der Waals surface area contributed by atoms with Gasteiger partial charge in [0.1, 0.15) is 0 Å². The van der Waals surface area contributed by atoms with Crippen LogP contribution in [0.15, 0.2) is 12.1 Å². The lowest BCUT2D eigenvalue weighted by Crippen LogP contribution is -2.25. The van der Waals surface area contributed by atoms with Gasteiger partial charge in [-0.05, 0) is 80.2 Å². The van der Waals surface area contributed by atoms with Crippen molar-refractivity contribution in [2.45, 2.75) is 116 Å². The number of ether oxygens (including phenoxy) is 1. The van der Waals surface area contributed by atoms with Crippen molar-refractivity contribution in [1.82, 2.24) is 0 Å². The van der Waals surface area contributed by atoms with Gasteiger partial charge in [-0.2, -0.15) is 4.39 Å². The molecule has 0 atom stereocenters. The molecule has 0 radical (unpaired) electrons. The van der Waals surface area contributed by atoms with E-state index in [2.05, 4.69) is 6.92 Å². The Morgan fingerprint density at radius 3 is 2.03 bits per heavy atom. The van der Waals surface area contributed by atoms with Gasteiger partial charge in [-0.1, -0.05) is 71.3 Å². The minimum Gasteiger partial charge on any atom is -0.490 e. The monoisotopic (exact) mass is 434 g/mol. The largest absolute Gasteiger partial charge is 0.490 e. The number of hydrogen-bond acceptors (Lipinski definition) is 1. The predicted octanol–water partition coefficient (Wildman–Crippen LogP) is 9.19. The van der Waals surface area contributed by atoms with Crippen LogP contribution in [0.1, 0.15) is 122 Å². The minimum atomic E-state index is -0.805. The quantitative estimate of drug-likeness (QED) is 0.315. The first-order valence-electron chi connectivity index (χ1n) is 13.2. The van der Waals surface area contributed by atoms with Crippen molar-refractivity contribution >= 4 is 0 Å². The summed E-state index contributed by atoms with van der Waals surface area (Å²) < 4.78 is 34.4. The number of hydrogen-bond donors (Lipinski definition) is 0. The molecule has 0 aliphatic heterocycles. The lowest BCUT2D eigenvalue weighted by atomic mass is 9.68. The third kappa shape index (κ3) is 6.93. The minimum absolute atomic E-state index is 0.0545. The fourth-order valence-corrected chi connectivity index (χ4v) is 6.07. The zero-order valence-electron chi connectivity index (χ0n) is 19.9.